The quantitative estimate of drug-likeness (QED) is 0.296. The van der Waals surface area contributed by atoms with E-state index in [0.717, 1.165) is 22.5 Å². The van der Waals surface area contributed by atoms with E-state index < -0.39 is 23.2 Å². The zero-order valence-corrected chi connectivity index (χ0v) is 23.3. The van der Waals surface area contributed by atoms with Crippen LogP contribution in [0.5, 0.6) is 6.01 Å². The van der Waals surface area contributed by atoms with Crippen LogP contribution in [-0.4, -0.2) is 35.3 Å². The molecule has 0 spiro atoms. The number of aromatic nitrogens is 2. The predicted molar refractivity (Wildman–Crippen MR) is 145 cm³/mol. The average molecular weight is 505 g/mol. The number of hydrogen-bond donors (Lipinski definition) is 0. The number of benzene rings is 2. The number of esters is 1. The van der Waals surface area contributed by atoms with Crippen molar-refractivity contribution in [2.45, 2.75) is 72.7 Å². The first-order valence-corrected chi connectivity index (χ1v) is 12.8. The second kappa shape index (κ2) is 11.9. The lowest BCUT2D eigenvalue weighted by Gasteiger charge is -2.43. The largest absolute Gasteiger partial charge is 0.458 e. The highest BCUT2D eigenvalue weighted by molar-refractivity contribution is 5.75. The van der Waals surface area contributed by atoms with E-state index >= 15 is 0 Å². The molecule has 0 aliphatic rings. The number of nitrogens with zero attached hydrogens (tertiary/aromatic N) is 2. The number of rotatable bonds is 10. The van der Waals surface area contributed by atoms with Crippen LogP contribution in [0.15, 0.2) is 66.7 Å². The Morgan fingerprint density at radius 2 is 1.35 bits per heavy atom. The average Bonchev–Trinajstić information content (AvgIpc) is 2.83. The minimum absolute atomic E-state index is 0.213. The van der Waals surface area contributed by atoms with Gasteiger partial charge in [-0.3, -0.25) is 4.79 Å². The highest BCUT2D eigenvalue weighted by atomic mass is 16.6. The fourth-order valence-corrected chi connectivity index (χ4v) is 4.51. The van der Waals surface area contributed by atoms with Gasteiger partial charge in [-0.1, -0.05) is 74.5 Å². The van der Waals surface area contributed by atoms with Gasteiger partial charge >= 0.3 is 12.0 Å². The van der Waals surface area contributed by atoms with Gasteiger partial charge in [0.15, 0.2) is 11.7 Å². The molecule has 2 unspecified atom stereocenters. The SMILES string of the molecule is COC(c1ccccc1)(c1ccccc1)C(Oc1nc(C)cc(C)n1)C(CC(C)C)OC(=O)C(C)(C)C. The van der Waals surface area contributed by atoms with E-state index in [4.69, 9.17) is 14.2 Å². The Hall–Kier alpha value is -3.25. The maximum absolute atomic E-state index is 13.3. The summed E-state index contributed by atoms with van der Waals surface area (Å²) in [6.07, 6.45) is -0.893. The summed E-state index contributed by atoms with van der Waals surface area (Å²) in [6, 6.07) is 21.9. The van der Waals surface area contributed by atoms with Crippen LogP contribution in [0, 0.1) is 25.2 Å². The molecule has 37 heavy (non-hydrogen) atoms. The van der Waals surface area contributed by atoms with E-state index in [9.17, 15) is 4.79 Å². The summed E-state index contributed by atoms with van der Waals surface area (Å²) in [5.41, 5.74) is 1.51. The minimum atomic E-state index is -1.12. The maximum atomic E-state index is 13.3. The summed E-state index contributed by atoms with van der Waals surface area (Å²) >= 11 is 0. The third-order valence-corrected chi connectivity index (χ3v) is 6.23. The Labute approximate surface area is 221 Å². The van der Waals surface area contributed by atoms with Crippen LogP contribution >= 0.6 is 0 Å². The smallest absolute Gasteiger partial charge is 0.317 e. The van der Waals surface area contributed by atoms with Gasteiger partial charge in [0.25, 0.3) is 0 Å². The molecule has 0 bridgehead atoms. The monoisotopic (exact) mass is 504 g/mol. The van der Waals surface area contributed by atoms with Gasteiger partial charge in [0.05, 0.1) is 5.41 Å². The predicted octanol–water partition coefficient (Wildman–Crippen LogP) is 6.44. The summed E-state index contributed by atoms with van der Waals surface area (Å²) in [6.45, 7) is 13.6. The number of carbonyl (C=O) groups excluding carboxylic acids is 1. The highest BCUT2D eigenvalue weighted by Gasteiger charge is 2.51. The fourth-order valence-electron chi connectivity index (χ4n) is 4.51. The lowest BCUT2D eigenvalue weighted by Crippen LogP contribution is -2.54. The van der Waals surface area contributed by atoms with E-state index in [0.29, 0.717) is 6.42 Å². The van der Waals surface area contributed by atoms with Gasteiger partial charge in [0, 0.05) is 18.5 Å². The zero-order chi connectivity index (χ0) is 27.2. The van der Waals surface area contributed by atoms with Crippen LogP contribution in [-0.2, 0) is 19.9 Å². The van der Waals surface area contributed by atoms with Crippen molar-refractivity contribution < 1.29 is 19.0 Å². The summed E-state index contributed by atoms with van der Waals surface area (Å²) < 4.78 is 19.4. The first kappa shape index (κ1) is 28.3. The topological polar surface area (TPSA) is 70.5 Å². The van der Waals surface area contributed by atoms with E-state index in [2.05, 4.69) is 23.8 Å². The molecule has 6 nitrogen and oxygen atoms in total. The minimum Gasteiger partial charge on any atom is -0.458 e. The van der Waals surface area contributed by atoms with E-state index in [1.54, 1.807) is 7.11 Å². The molecule has 0 aliphatic heterocycles. The van der Waals surface area contributed by atoms with Crippen molar-refractivity contribution in [2.24, 2.45) is 11.3 Å². The molecular formula is C31H40N2O4. The molecule has 0 saturated carbocycles. The molecule has 0 fully saturated rings. The number of methoxy groups -OCH3 is 1. The van der Waals surface area contributed by atoms with E-state index in [1.807, 2.05) is 101 Å². The maximum Gasteiger partial charge on any atom is 0.317 e. The van der Waals surface area contributed by atoms with Gasteiger partial charge in [0.1, 0.15) is 6.10 Å². The first-order valence-electron chi connectivity index (χ1n) is 12.8. The molecular weight excluding hydrogens is 464 g/mol. The van der Waals surface area contributed by atoms with Gasteiger partial charge in [-0.15, -0.1) is 0 Å². The van der Waals surface area contributed by atoms with Crippen LogP contribution in [0.25, 0.3) is 0 Å². The van der Waals surface area contributed by atoms with Gasteiger partial charge in [-0.25, -0.2) is 9.97 Å². The number of hydrogen-bond acceptors (Lipinski definition) is 6. The fraction of sp³-hybridized carbons (Fsp3) is 0.452. The molecule has 1 aromatic heterocycles. The number of ether oxygens (including phenoxy) is 3. The van der Waals surface area contributed by atoms with Crippen molar-refractivity contribution in [3.8, 4) is 6.01 Å². The van der Waals surface area contributed by atoms with Crippen LogP contribution in [0.1, 0.15) is 63.6 Å². The zero-order valence-electron chi connectivity index (χ0n) is 23.3. The number of carbonyl (C=O) groups is 1. The number of aryl methyl sites for hydroxylation is 2. The van der Waals surface area contributed by atoms with Gasteiger partial charge in [0.2, 0.25) is 0 Å². The highest BCUT2D eigenvalue weighted by Crippen LogP contribution is 2.42. The van der Waals surface area contributed by atoms with Crippen LogP contribution < -0.4 is 4.74 Å². The molecule has 6 heteroatoms. The molecule has 0 saturated heterocycles. The lowest BCUT2D eigenvalue weighted by molar-refractivity contribution is -0.178. The molecule has 0 aliphatic carbocycles. The molecule has 0 N–H and O–H groups in total. The Bertz CT molecular complexity index is 1100. The molecule has 3 aromatic rings. The molecule has 2 atom stereocenters. The van der Waals surface area contributed by atoms with Gasteiger partial charge in [-0.2, -0.15) is 0 Å². The standard InChI is InChI=1S/C31H40N2O4/c1-21(2)19-26(36-28(34)30(5,6)7)27(37-29-32-22(3)20-23(4)33-29)31(35-8,24-15-11-9-12-16-24)25-17-13-10-14-18-25/h9-18,20-21,26-27H,19H2,1-8H3. The Morgan fingerprint density at radius 1 is 0.865 bits per heavy atom. The van der Waals surface area contributed by atoms with Crippen molar-refractivity contribution >= 4 is 5.97 Å². The molecule has 198 valence electrons. The summed E-state index contributed by atoms with van der Waals surface area (Å²) in [5, 5.41) is 0. The van der Waals surface area contributed by atoms with Crippen molar-refractivity contribution in [1.82, 2.24) is 9.97 Å². The molecule has 0 amide bonds. The third kappa shape index (κ3) is 6.75. The van der Waals surface area contributed by atoms with Crippen LogP contribution in [0.3, 0.4) is 0 Å². The Balaban J connectivity index is 2.30. The molecule has 1 heterocycles. The summed E-state index contributed by atoms with van der Waals surface area (Å²) in [4.78, 5) is 22.4. The molecule has 2 aromatic carbocycles. The van der Waals surface area contributed by atoms with E-state index in [-0.39, 0.29) is 17.9 Å². The van der Waals surface area contributed by atoms with Crippen LogP contribution in [0.2, 0.25) is 0 Å². The summed E-state index contributed by atoms with van der Waals surface area (Å²) in [5.74, 6) is -0.0932. The van der Waals surface area contributed by atoms with Crippen molar-refractivity contribution in [2.75, 3.05) is 7.11 Å². The van der Waals surface area contributed by atoms with E-state index in [1.165, 1.54) is 0 Å². The summed E-state index contributed by atoms with van der Waals surface area (Å²) in [7, 11) is 1.66. The molecule has 3 rings (SSSR count). The Kier molecular flexibility index (Phi) is 9.08. The van der Waals surface area contributed by atoms with Crippen molar-refractivity contribution in [1.29, 1.82) is 0 Å². The van der Waals surface area contributed by atoms with Gasteiger partial charge in [-0.05, 0) is 64.2 Å². The molecule has 0 radical (unpaired) electrons. The van der Waals surface area contributed by atoms with Crippen LogP contribution in [0.4, 0.5) is 0 Å². The second-order valence-electron chi connectivity index (χ2n) is 11.0. The lowest BCUT2D eigenvalue weighted by atomic mass is 9.77. The second-order valence-corrected chi connectivity index (χ2v) is 11.0. The van der Waals surface area contributed by atoms with Crippen molar-refractivity contribution in [3.63, 3.8) is 0 Å². The Morgan fingerprint density at radius 3 is 1.76 bits per heavy atom. The normalized spacial score (nSPS) is 13.8. The third-order valence-electron chi connectivity index (χ3n) is 6.23. The van der Waals surface area contributed by atoms with Gasteiger partial charge < -0.3 is 14.2 Å². The first-order chi connectivity index (χ1) is 17.5. The van der Waals surface area contributed by atoms with Crippen molar-refractivity contribution in [3.05, 3.63) is 89.2 Å².